The van der Waals surface area contributed by atoms with Gasteiger partial charge in [0.15, 0.2) is 0 Å². The third kappa shape index (κ3) is 3.53. The van der Waals surface area contributed by atoms with Crippen LogP contribution in [0.25, 0.3) is 27.2 Å². The minimum Gasteiger partial charge on any atom is -0.343 e. The first-order valence-corrected chi connectivity index (χ1v) is 14.4. The fraction of sp³-hybridized carbons (Fsp3) is 0.143. The average Bonchev–Trinajstić information content (AvgIpc) is 3.64. The smallest absolute Gasteiger partial charge is 0.108 e. The molecular weight excluding hydrogens is 480 g/mol. The van der Waals surface area contributed by atoms with E-state index in [9.17, 15) is 0 Å². The van der Waals surface area contributed by atoms with Crippen molar-refractivity contribution < 1.29 is 0 Å². The Labute approximate surface area is 228 Å². The molecule has 0 bridgehead atoms. The molecule has 4 aromatic rings. The number of fused-ring (bicyclic) bond motifs is 8. The molecule has 3 heterocycles. The van der Waals surface area contributed by atoms with Gasteiger partial charge in [-0.3, -0.25) is 5.32 Å². The molecule has 0 radical (unpaired) electrons. The highest BCUT2D eigenvalue weighted by Crippen LogP contribution is 2.50. The van der Waals surface area contributed by atoms with Gasteiger partial charge in [-0.2, -0.15) is 0 Å². The van der Waals surface area contributed by atoms with Gasteiger partial charge in [-0.05, 0) is 51.9 Å². The topological polar surface area (TPSA) is 15.3 Å². The largest absolute Gasteiger partial charge is 0.343 e. The quantitative estimate of drug-likeness (QED) is 0.299. The Balaban J connectivity index is 1.11. The van der Waals surface area contributed by atoms with Gasteiger partial charge in [0, 0.05) is 21.4 Å². The molecule has 184 valence electrons. The SMILES string of the molecule is C1=CC2NC3c4ccccc4-c4cc(-c5ccc(C6=CCC(c7ccccc7)S6)cc5)ccc4N3C2C=C1. The zero-order chi connectivity index (χ0) is 25.1. The van der Waals surface area contributed by atoms with Gasteiger partial charge in [0.1, 0.15) is 6.17 Å². The van der Waals surface area contributed by atoms with Gasteiger partial charge in [-0.15, -0.1) is 11.8 Å². The van der Waals surface area contributed by atoms with Crippen LogP contribution in [0, 0.1) is 0 Å². The average molecular weight is 509 g/mol. The number of nitrogens with zero attached hydrogens (tertiary/aromatic N) is 1. The summed E-state index contributed by atoms with van der Waals surface area (Å²) in [6, 6.07) is 36.6. The maximum Gasteiger partial charge on any atom is 0.108 e. The van der Waals surface area contributed by atoms with Crippen LogP contribution >= 0.6 is 11.8 Å². The third-order valence-electron chi connectivity index (χ3n) is 8.34. The third-order valence-corrected chi connectivity index (χ3v) is 9.74. The summed E-state index contributed by atoms with van der Waals surface area (Å²) in [5.74, 6) is 0. The number of anilines is 1. The highest BCUT2D eigenvalue weighted by Gasteiger charge is 2.43. The van der Waals surface area contributed by atoms with Gasteiger partial charge in [0.25, 0.3) is 0 Å². The Kier molecular flexibility index (Phi) is 5.21. The molecule has 8 rings (SSSR count). The van der Waals surface area contributed by atoms with Crippen molar-refractivity contribution in [3.05, 3.63) is 144 Å². The molecule has 1 N–H and O–H groups in total. The highest BCUT2D eigenvalue weighted by atomic mass is 32.2. The van der Waals surface area contributed by atoms with Crippen LogP contribution in [0.3, 0.4) is 0 Å². The minimum atomic E-state index is 0.197. The van der Waals surface area contributed by atoms with Crippen LogP contribution in [-0.4, -0.2) is 12.1 Å². The van der Waals surface area contributed by atoms with Crippen molar-refractivity contribution in [2.24, 2.45) is 0 Å². The Bertz CT molecular complexity index is 1620. The van der Waals surface area contributed by atoms with E-state index in [0.29, 0.717) is 17.3 Å². The van der Waals surface area contributed by atoms with Crippen LogP contribution in [-0.2, 0) is 0 Å². The normalized spacial score (nSPS) is 24.4. The van der Waals surface area contributed by atoms with Gasteiger partial charge in [-0.1, -0.05) is 115 Å². The summed E-state index contributed by atoms with van der Waals surface area (Å²) in [5.41, 5.74) is 10.6. The summed E-state index contributed by atoms with van der Waals surface area (Å²) in [5, 5.41) is 4.38. The van der Waals surface area contributed by atoms with Crippen molar-refractivity contribution in [3.63, 3.8) is 0 Å². The van der Waals surface area contributed by atoms with Crippen LogP contribution in [0.5, 0.6) is 0 Å². The molecule has 3 heteroatoms. The molecule has 4 aromatic carbocycles. The van der Waals surface area contributed by atoms with Gasteiger partial charge < -0.3 is 4.90 Å². The summed E-state index contributed by atoms with van der Waals surface area (Å²) >= 11 is 1.99. The maximum absolute atomic E-state index is 3.87. The first-order valence-electron chi connectivity index (χ1n) is 13.5. The van der Waals surface area contributed by atoms with E-state index >= 15 is 0 Å². The first-order chi connectivity index (χ1) is 18.8. The van der Waals surface area contributed by atoms with E-state index in [1.54, 1.807) is 0 Å². The monoisotopic (exact) mass is 508 g/mol. The molecule has 4 unspecified atom stereocenters. The number of hydrogen-bond donors (Lipinski definition) is 1. The Hall–Kier alpha value is -3.79. The van der Waals surface area contributed by atoms with E-state index in [-0.39, 0.29) is 6.17 Å². The molecule has 4 atom stereocenters. The van der Waals surface area contributed by atoms with Crippen molar-refractivity contribution in [2.45, 2.75) is 29.9 Å². The van der Waals surface area contributed by atoms with E-state index in [2.05, 4.69) is 138 Å². The van der Waals surface area contributed by atoms with E-state index in [1.165, 1.54) is 49.5 Å². The lowest BCUT2D eigenvalue weighted by molar-refractivity contribution is 0.608. The van der Waals surface area contributed by atoms with Crippen molar-refractivity contribution in [1.82, 2.24) is 5.32 Å². The lowest BCUT2D eigenvalue weighted by atomic mass is 9.88. The number of allylic oxidation sites excluding steroid dienone is 3. The van der Waals surface area contributed by atoms with Crippen LogP contribution in [0.1, 0.15) is 34.5 Å². The number of hydrogen-bond acceptors (Lipinski definition) is 3. The van der Waals surface area contributed by atoms with Crippen LogP contribution < -0.4 is 10.2 Å². The Morgan fingerprint density at radius 1 is 0.711 bits per heavy atom. The van der Waals surface area contributed by atoms with E-state index < -0.39 is 0 Å². The summed E-state index contributed by atoms with van der Waals surface area (Å²) in [6.07, 6.45) is 12.7. The molecule has 38 heavy (non-hydrogen) atoms. The number of nitrogens with one attached hydrogen (secondary N) is 1. The molecule has 1 fully saturated rings. The second-order valence-electron chi connectivity index (χ2n) is 10.5. The molecule has 2 nitrogen and oxygen atoms in total. The van der Waals surface area contributed by atoms with E-state index in [1.807, 2.05) is 11.8 Å². The van der Waals surface area contributed by atoms with Crippen molar-refractivity contribution in [2.75, 3.05) is 4.90 Å². The van der Waals surface area contributed by atoms with Gasteiger partial charge in [-0.25, -0.2) is 0 Å². The Morgan fingerprint density at radius 3 is 2.37 bits per heavy atom. The molecule has 3 aliphatic heterocycles. The predicted octanol–water partition coefficient (Wildman–Crippen LogP) is 8.52. The predicted molar refractivity (Wildman–Crippen MR) is 161 cm³/mol. The standard InChI is InChI=1S/C35H28N2S/c1-2-8-24(9-3-1)33-20-21-34(38-33)25-16-14-23(15-17-25)26-18-19-31-29(22-26)27-10-4-5-11-28(27)35-36-30-12-6-7-13-32(30)37(31)35/h1-19,21-22,30,32-33,35-36H,20H2. The maximum atomic E-state index is 3.87. The molecule has 0 saturated carbocycles. The Morgan fingerprint density at radius 2 is 1.47 bits per heavy atom. The van der Waals surface area contributed by atoms with Crippen LogP contribution in [0.4, 0.5) is 5.69 Å². The first kappa shape index (κ1) is 22.2. The molecule has 0 aromatic heterocycles. The molecule has 0 amide bonds. The van der Waals surface area contributed by atoms with Gasteiger partial charge in [0.2, 0.25) is 0 Å². The minimum absolute atomic E-state index is 0.197. The van der Waals surface area contributed by atoms with Crippen LogP contribution in [0.2, 0.25) is 0 Å². The number of benzene rings is 4. The number of rotatable bonds is 3. The zero-order valence-corrected chi connectivity index (χ0v) is 21.8. The van der Waals surface area contributed by atoms with E-state index in [0.717, 1.165) is 6.42 Å². The molecule has 4 aliphatic rings. The summed E-state index contributed by atoms with van der Waals surface area (Å²) in [4.78, 5) is 3.96. The number of thioether (sulfide) groups is 1. The molecular formula is C35H28N2S. The highest BCUT2D eigenvalue weighted by molar-refractivity contribution is 8.08. The molecule has 1 saturated heterocycles. The lowest BCUT2D eigenvalue weighted by Crippen LogP contribution is -2.36. The zero-order valence-electron chi connectivity index (χ0n) is 21.0. The summed E-state index contributed by atoms with van der Waals surface area (Å²) < 4.78 is 0. The van der Waals surface area contributed by atoms with Crippen LogP contribution in [0.15, 0.2) is 127 Å². The lowest BCUT2D eigenvalue weighted by Gasteiger charge is -2.38. The van der Waals surface area contributed by atoms with Crippen molar-refractivity contribution >= 4 is 22.4 Å². The van der Waals surface area contributed by atoms with Gasteiger partial charge >= 0.3 is 0 Å². The van der Waals surface area contributed by atoms with Crippen molar-refractivity contribution in [1.29, 1.82) is 0 Å². The molecule has 0 spiro atoms. The summed E-state index contributed by atoms with van der Waals surface area (Å²) in [7, 11) is 0. The van der Waals surface area contributed by atoms with Gasteiger partial charge in [0.05, 0.1) is 12.1 Å². The fourth-order valence-corrected chi connectivity index (χ4v) is 7.73. The summed E-state index contributed by atoms with van der Waals surface area (Å²) in [6.45, 7) is 0. The second-order valence-corrected chi connectivity index (χ2v) is 11.7. The van der Waals surface area contributed by atoms with Crippen molar-refractivity contribution in [3.8, 4) is 22.3 Å². The molecule has 1 aliphatic carbocycles. The van der Waals surface area contributed by atoms with E-state index in [4.69, 9.17) is 0 Å². The second kappa shape index (κ2) is 8.90. The fourth-order valence-electron chi connectivity index (χ4n) is 6.47.